The van der Waals surface area contributed by atoms with Crippen LogP contribution in [-0.2, 0) is 11.2 Å². The zero-order chi connectivity index (χ0) is 11.4. The number of benzene rings is 1. The fourth-order valence-electron chi connectivity index (χ4n) is 1.23. The van der Waals surface area contributed by atoms with Gasteiger partial charge in [0.15, 0.2) is 0 Å². The Morgan fingerprint density at radius 2 is 2.20 bits per heavy atom. The van der Waals surface area contributed by atoms with Gasteiger partial charge in [-0.25, -0.2) is 4.39 Å². The van der Waals surface area contributed by atoms with E-state index in [-0.39, 0.29) is 23.4 Å². The Bertz CT molecular complexity index is 366. The molecular formula is C11H13ClFNO. The number of carbonyl (C=O) groups excluding carboxylic acids is 1. The molecule has 0 aliphatic rings. The third-order valence-corrected chi connectivity index (χ3v) is 2.26. The van der Waals surface area contributed by atoms with Gasteiger partial charge in [0.05, 0.1) is 11.4 Å². The Hall–Kier alpha value is -1.09. The smallest absolute Gasteiger partial charge is 0.224 e. The molecule has 0 heterocycles. The van der Waals surface area contributed by atoms with Crippen molar-refractivity contribution in [1.82, 2.24) is 5.32 Å². The highest BCUT2D eigenvalue weighted by atomic mass is 35.5. The van der Waals surface area contributed by atoms with Crippen LogP contribution in [0, 0.1) is 5.82 Å². The van der Waals surface area contributed by atoms with Crippen LogP contribution in [0.25, 0.3) is 0 Å². The van der Waals surface area contributed by atoms with Gasteiger partial charge in [-0.15, -0.1) is 0 Å². The molecule has 1 amide bonds. The molecular weight excluding hydrogens is 217 g/mol. The summed E-state index contributed by atoms with van der Waals surface area (Å²) in [6.07, 6.45) is 0.106. The molecule has 1 aromatic carbocycles. The number of hydrogen-bond acceptors (Lipinski definition) is 1. The fourth-order valence-corrected chi connectivity index (χ4v) is 1.42. The minimum absolute atomic E-state index is 0.0245. The lowest BCUT2D eigenvalue weighted by Gasteiger charge is -2.09. The van der Waals surface area contributed by atoms with Gasteiger partial charge in [0.1, 0.15) is 5.82 Å². The summed E-state index contributed by atoms with van der Waals surface area (Å²) in [4.78, 5) is 11.4. The normalized spacial score (nSPS) is 10.5. The van der Waals surface area contributed by atoms with Gasteiger partial charge in [-0.3, -0.25) is 4.79 Å². The van der Waals surface area contributed by atoms with E-state index in [2.05, 4.69) is 5.32 Å². The van der Waals surface area contributed by atoms with Crippen LogP contribution in [0.4, 0.5) is 4.39 Å². The summed E-state index contributed by atoms with van der Waals surface area (Å²) in [5.74, 6) is -0.649. The third-order valence-electron chi connectivity index (χ3n) is 1.83. The summed E-state index contributed by atoms with van der Waals surface area (Å²) in [5, 5.41) is 2.74. The van der Waals surface area contributed by atoms with E-state index in [1.807, 2.05) is 13.8 Å². The van der Waals surface area contributed by atoms with E-state index in [4.69, 9.17) is 11.6 Å². The van der Waals surface area contributed by atoms with E-state index in [0.717, 1.165) is 0 Å². The first-order valence-electron chi connectivity index (χ1n) is 4.73. The first-order chi connectivity index (χ1) is 7.00. The van der Waals surface area contributed by atoms with Crippen molar-refractivity contribution in [1.29, 1.82) is 0 Å². The molecule has 0 spiro atoms. The molecule has 0 atom stereocenters. The van der Waals surface area contributed by atoms with Gasteiger partial charge in [-0.05, 0) is 25.5 Å². The van der Waals surface area contributed by atoms with Crippen molar-refractivity contribution in [3.05, 3.63) is 34.6 Å². The molecule has 15 heavy (non-hydrogen) atoms. The average Bonchev–Trinajstić information content (AvgIpc) is 2.11. The molecule has 82 valence electrons. The maximum Gasteiger partial charge on any atom is 0.224 e. The third kappa shape index (κ3) is 3.51. The predicted molar refractivity (Wildman–Crippen MR) is 58.4 cm³/mol. The summed E-state index contributed by atoms with van der Waals surface area (Å²) in [7, 11) is 0. The minimum atomic E-state index is -0.494. The predicted octanol–water partition coefficient (Wildman–Crippen LogP) is 2.55. The molecule has 1 rings (SSSR count). The standard InChI is InChI=1S/C11H13ClFNO/c1-7(2)14-10(15)6-8-4-3-5-9(13)11(8)12/h3-5,7H,6H2,1-2H3,(H,14,15). The van der Waals surface area contributed by atoms with Crippen LogP contribution < -0.4 is 5.32 Å². The lowest BCUT2D eigenvalue weighted by molar-refractivity contribution is -0.120. The minimum Gasteiger partial charge on any atom is -0.354 e. The highest BCUT2D eigenvalue weighted by Gasteiger charge is 2.10. The quantitative estimate of drug-likeness (QED) is 0.848. The molecule has 0 bridgehead atoms. The van der Waals surface area contributed by atoms with Crippen molar-refractivity contribution < 1.29 is 9.18 Å². The molecule has 1 N–H and O–H groups in total. The van der Waals surface area contributed by atoms with Crippen LogP contribution in [0.3, 0.4) is 0 Å². The highest BCUT2D eigenvalue weighted by Crippen LogP contribution is 2.19. The maximum atomic E-state index is 13.0. The van der Waals surface area contributed by atoms with Gasteiger partial charge in [0, 0.05) is 6.04 Å². The lowest BCUT2D eigenvalue weighted by atomic mass is 10.1. The summed E-state index contributed by atoms with van der Waals surface area (Å²) in [6, 6.07) is 4.53. The van der Waals surface area contributed by atoms with Crippen LogP contribution in [0.5, 0.6) is 0 Å². The first-order valence-corrected chi connectivity index (χ1v) is 5.10. The Kier molecular flexibility index (Phi) is 4.09. The first kappa shape index (κ1) is 12.0. The summed E-state index contributed by atoms with van der Waals surface area (Å²) < 4.78 is 13.0. The Balaban J connectivity index is 2.73. The van der Waals surface area contributed by atoms with Crippen LogP contribution in [0.15, 0.2) is 18.2 Å². The molecule has 2 nitrogen and oxygen atoms in total. The van der Waals surface area contributed by atoms with Crippen molar-refractivity contribution in [3.63, 3.8) is 0 Å². The highest BCUT2D eigenvalue weighted by molar-refractivity contribution is 6.31. The molecule has 0 aromatic heterocycles. The zero-order valence-corrected chi connectivity index (χ0v) is 9.44. The van der Waals surface area contributed by atoms with Crippen LogP contribution in [-0.4, -0.2) is 11.9 Å². The molecule has 1 aromatic rings. The molecule has 0 saturated carbocycles. The summed E-state index contributed by atoms with van der Waals surface area (Å²) in [5.41, 5.74) is 0.509. The van der Waals surface area contributed by atoms with Crippen LogP contribution in [0.1, 0.15) is 19.4 Å². The molecule has 0 fully saturated rings. The number of carbonyl (C=O) groups is 1. The summed E-state index contributed by atoms with van der Waals surface area (Å²) in [6.45, 7) is 3.73. The van der Waals surface area contributed by atoms with Gasteiger partial charge in [-0.2, -0.15) is 0 Å². The lowest BCUT2D eigenvalue weighted by Crippen LogP contribution is -2.31. The van der Waals surface area contributed by atoms with Crippen molar-refractivity contribution in [2.45, 2.75) is 26.3 Å². The number of hydrogen-bond donors (Lipinski definition) is 1. The van der Waals surface area contributed by atoms with Crippen molar-refractivity contribution in [2.24, 2.45) is 0 Å². The van der Waals surface area contributed by atoms with E-state index in [1.54, 1.807) is 12.1 Å². The van der Waals surface area contributed by atoms with Gasteiger partial charge >= 0.3 is 0 Å². The molecule has 0 saturated heterocycles. The Morgan fingerprint density at radius 3 is 2.80 bits per heavy atom. The second-order valence-corrected chi connectivity index (χ2v) is 3.99. The van der Waals surface area contributed by atoms with Gasteiger partial charge in [0.25, 0.3) is 0 Å². The Labute approximate surface area is 93.4 Å². The average molecular weight is 230 g/mol. The number of nitrogens with one attached hydrogen (secondary N) is 1. The van der Waals surface area contributed by atoms with E-state index >= 15 is 0 Å². The molecule has 0 unspecified atom stereocenters. The maximum absolute atomic E-state index is 13.0. The second-order valence-electron chi connectivity index (χ2n) is 3.61. The van der Waals surface area contributed by atoms with E-state index in [9.17, 15) is 9.18 Å². The molecule has 0 aliphatic carbocycles. The topological polar surface area (TPSA) is 29.1 Å². The second kappa shape index (κ2) is 5.12. The summed E-state index contributed by atoms with van der Waals surface area (Å²) >= 11 is 5.72. The van der Waals surface area contributed by atoms with Crippen LogP contribution in [0.2, 0.25) is 5.02 Å². The van der Waals surface area contributed by atoms with Gasteiger partial charge in [-0.1, -0.05) is 23.7 Å². The van der Waals surface area contributed by atoms with Gasteiger partial charge < -0.3 is 5.32 Å². The van der Waals surface area contributed by atoms with Crippen LogP contribution >= 0.6 is 11.6 Å². The van der Waals surface area contributed by atoms with E-state index < -0.39 is 5.82 Å². The SMILES string of the molecule is CC(C)NC(=O)Cc1cccc(F)c1Cl. The number of amides is 1. The Morgan fingerprint density at radius 1 is 1.53 bits per heavy atom. The van der Waals surface area contributed by atoms with Crippen molar-refractivity contribution in [3.8, 4) is 0 Å². The molecule has 0 radical (unpaired) electrons. The van der Waals surface area contributed by atoms with E-state index in [0.29, 0.717) is 5.56 Å². The molecule has 4 heteroatoms. The van der Waals surface area contributed by atoms with Gasteiger partial charge in [0.2, 0.25) is 5.91 Å². The molecule has 0 aliphatic heterocycles. The zero-order valence-electron chi connectivity index (χ0n) is 8.68. The fraction of sp³-hybridized carbons (Fsp3) is 0.364. The number of halogens is 2. The monoisotopic (exact) mass is 229 g/mol. The van der Waals surface area contributed by atoms with E-state index in [1.165, 1.54) is 6.07 Å². The largest absolute Gasteiger partial charge is 0.354 e. The number of rotatable bonds is 3. The van der Waals surface area contributed by atoms with Crippen molar-refractivity contribution >= 4 is 17.5 Å². The van der Waals surface area contributed by atoms with Crippen molar-refractivity contribution in [2.75, 3.05) is 0 Å².